The fraction of sp³-hybridized carbons (Fsp3) is 0.250. The smallest absolute Gasteiger partial charge is 0.0640 e. The molecule has 0 aliphatic rings. The van der Waals surface area contributed by atoms with Gasteiger partial charge in [-0.1, -0.05) is 66.0 Å². The van der Waals surface area contributed by atoms with Crippen molar-refractivity contribution in [3.05, 3.63) is 68.7 Å². The lowest BCUT2D eigenvalue weighted by Crippen LogP contribution is -2.23. The zero-order valence-corrected chi connectivity index (χ0v) is 13.4. The molecule has 2 aromatic rings. The molecule has 0 radical (unpaired) electrons. The largest absolute Gasteiger partial charge is 0.310 e. The Balaban J connectivity index is 2.26. The summed E-state index contributed by atoms with van der Waals surface area (Å²) in [5.74, 6) is 0. The Kier molecular flexibility index (Phi) is 5.74. The van der Waals surface area contributed by atoms with Gasteiger partial charge in [-0.15, -0.1) is 0 Å². The molecule has 106 valence electrons. The number of benzene rings is 2. The highest BCUT2D eigenvalue weighted by Gasteiger charge is 2.16. The van der Waals surface area contributed by atoms with Crippen LogP contribution in [0.2, 0.25) is 15.1 Å². The van der Waals surface area contributed by atoms with Crippen LogP contribution in [0.1, 0.15) is 24.1 Å². The average molecular weight is 329 g/mol. The predicted molar refractivity (Wildman–Crippen MR) is 88.0 cm³/mol. The Morgan fingerprint density at radius 1 is 1.00 bits per heavy atom. The maximum absolute atomic E-state index is 6.32. The molecule has 1 N–H and O–H groups in total. The molecule has 4 heteroatoms. The van der Waals surface area contributed by atoms with Crippen LogP contribution in [-0.2, 0) is 6.42 Å². The Morgan fingerprint density at radius 3 is 2.35 bits per heavy atom. The van der Waals surface area contributed by atoms with E-state index in [0.717, 1.165) is 23.6 Å². The highest BCUT2D eigenvalue weighted by molar-refractivity contribution is 6.42. The topological polar surface area (TPSA) is 12.0 Å². The lowest BCUT2D eigenvalue weighted by Gasteiger charge is -2.20. The molecule has 1 nitrogen and oxygen atoms in total. The second-order valence-electron chi connectivity index (χ2n) is 4.58. The van der Waals surface area contributed by atoms with E-state index in [-0.39, 0.29) is 6.04 Å². The van der Waals surface area contributed by atoms with Crippen LogP contribution in [0.5, 0.6) is 0 Å². The molecule has 0 aliphatic carbocycles. The predicted octanol–water partition coefficient (Wildman–Crippen LogP) is 5.54. The van der Waals surface area contributed by atoms with E-state index in [9.17, 15) is 0 Å². The quantitative estimate of drug-likeness (QED) is 0.760. The van der Waals surface area contributed by atoms with Gasteiger partial charge in [0.2, 0.25) is 0 Å². The highest BCUT2D eigenvalue weighted by atomic mass is 35.5. The number of hydrogen-bond acceptors (Lipinski definition) is 1. The molecule has 20 heavy (non-hydrogen) atoms. The van der Waals surface area contributed by atoms with E-state index in [4.69, 9.17) is 34.8 Å². The molecule has 2 rings (SSSR count). The summed E-state index contributed by atoms with van der Waals surface area (Å²) in [6, 6.07) is 13.7. The monoisotopic (exact) mass is 327 g/mol. The number of hydrogen-bond donors (Lipinski definition) is 1. The number of halogens is 3. The third-order valence-corrected chi connectivity index (χ3v) is 4.25. The minimum atomic E-state index is 0.132. The molecule has 0 spiro atoms. The van der Waals surface area contributed by atoms with Crippen LogP contribution in [-0.4, -0.2) is 6.54 Å². The molecule has 1 atom stereocenters. The van der Waals surface area contributed by atoms with Gasteiger partial charge >= 0.3 is 0 Å². The Bertz CT molecular complexity index is 566. The molecule has 2 aromatic carbocycles. The first-order chi connectivity index (χ1) is 9.61. The number of nitrogens with one attached hydrogen (secondary N) is 1. The second kappa shape index (κ2) is 7.33. The minimum Gasteiger partial charge on any atom is -0.310 e. The SMILES string of the molecule is CCNC(Cc1ccc(Cl)cc1)c1cccc(Cl)c1Cl. The van der Waals surface area contributed by atoms with E-state index < -0.39 is 0 Å². The van der Waals surface area contributed by atoms with Crippen molar-refractivity contribution in [3.63, 3.8) is 0 Å². The van der Waals surface area contributed by atoms with Crippen molar-refractivity contribution in [3.8, 4) is 0 Å². The van der Waals surface area contributed by atoms with E-state index in [1.807, 2.05) is 36.4 Å². The van der Waals surface area contributed by atoms with Gasteiger partial charge in [0, 0.05) is 11.1 Å². The van der Waals surface area contributed by atoms with Crippen LogP contribution in [0.15, 0.2) is 42.5 Å². The molecule has 0 saturated carbocycles. The van der Waals surface area contributed by atoms with Gasteiger partial charge in [0.25, 0.3) is 0 Å². The summed E-state index contributed by atoms with van der Waals surface area (Å²) in [6.07, 6.45) is 0.838. The lowest BCUT2D eigenvalue weighted by molar-refractivity contribution is 0.550. The Morgan fingerprint density at radius 2 is 1.70 bits per heavy atom. The normalized spacial score (nSPS) is 12.4. The summed E-state index contributed by atoms with van der Waals surface area (Å²) >= 11 is 18.3. The van der Waals surface area contributed by atoms with Crippen molar-refractivity contribution >= 4 is 34.8 Å². The van der Waals surface area contributed by atoms with Gasteiger partial charge in [0.15, 0.2) is 0 Å². The van der Waals surface area contributed by atoms with Gasteiger partial charge in [0.1, 0.15) is 0 Å². The molecule has 0 aliphatic heterocycles. The summed E-state index contributed by atoms with van der Waals surface area (Å²) in [7, 11) is 0. The van der Waals surface area contributed by atoms with Crippen molar-refractivity contribution in [2.75, 3.05) is 6.54 Å². The first-order valence-corrected chi connectivity index (χ1v) is 7.67. The third kappa shape index (κ3) is 3.89. The molecule has 0 amide bonds. The van der Waals surface area contributed by atoms with Crippen LogP contribution >= 0.6 is 34.8 Å². The minimum absolute atomic E-state index is 0.132. The van der Waals surface area contributed by atoms with Crippen LogP contribution in [0.3, 0.4) is 0 Å². The Hall–Kier alpha value is -0.730. The van der Waals surface area contributed by atoms with Crippen LogP contribution < -0.4 is 5.32 Å². The van der Waals surface area contributed by atoms with Gasteiger partial charge in [-0.2, -0.15) is 0 Å². The van der Waals surface area contributed by atoms with Gasteiger partial charge < -0.3 is 5.32 Å². The summed E-state index contributed by atoms with van der Waals surface area (Å²) in [6.45, 7) is 2.94. The van der Waals surface area contributed by atoms with Gasteiger partial charge in [-0.05, 0) is 42.3 Å². The van der Waals surface area contributed by atoms with Crippen LogP contribution in [0.4, 0.5) is 0 Å². The first-order valence-electron chi connectivity index (χ1n) is 6.53. The molecular formula is C16H16Cl3N. The van der Waals surface area contributed by atoms with Gasteiger partial charge in [0.05, 0.1) is 10.0 Å². The molecule has 0 fully saturated rings. The molecule has 1 unspecified atom stereocenters. The van der Waals surface area contributed by atoms with Crippen molar-refractivity contribution < 1.29 is 0 Å². The summed E-state index contributed by atoms with van der Waals surface area (Å²) in [5.41, 5.74) is 2.23. The average Bonchev–Trinajstić information content (AvgIpc) is 2.44. The van der Waals surface area contributed by atoms with Gasteiger partial charge in [-0.3, -0.25) is 0 Å². The number of rotatable bonds is 5. The first kappa shape index (κ1) is 15.7. The van der Waals surface area contributed by atoms with Gasteiger partial charge in [-0.25, -0.2) is 0 Å². The van der Waals surface area contributed by atoms with E-state index >= 15 is 0 Å². The zero-order valence-electron chi connectivity index (χ0n) is 11.2. The van der Waals surface area contributed by atoms with E-state index in [1.165, 1.54) is 5.56 Å². The van der Waals surface area contributed by atoms with E-state index in [0.29, 0.717) is 10.0 Å². The zero-order chi connectivity index (χ0) is 14.5. The fourth-order valence-electron chi connectivity index (χ4n) is 2.18. The fourth-order valence-corrected chi connectivity index (χ4v) is 2.75. The second-order valence-corrected chi connectivity index (χ2v) is 5.81. The highest BCUT2D eigenvalue weighted by Crippen LogP contribution is 2.31. The Labute approximate surface area is 134 Å². The van der Waals surface area contributed by atoms with Crippen molar-refractivity contribution in [1.29, 1.82) is 0 Å². The maximum atomic E-state index is 6.32. The van der Waals surface area contributed by atoms with Crippen LogP contribution in [0, 0.1) is 0 Å². The molecule has 0 aromatic heterocycles. The summed E-state index contributed by atoms with van der Waals surface area (Å²) in [4.78, 5) is 0. The summed E-state index contributed by atoms with van der Waals surface area (Å²) in [5, 5.41) is 5.40. The van der Waals surface area contributed by atoms with E-state index in [1.54, 1.807) is 6.07 Å². The molecule has 0 bridgehead atoms. The number of likely N-dealkylation sites (N-methyl/N-ethyl adjacent to an activating group) is 1. The molecule has 0 saturated heterocycles. The van der Waals surface area contributed by atoms with Crippen LogP contribution in [0.25, 0.3) is 0 Å². The molecular weight excluding hydrogens is 313 g/mol. The standard InChI is InChI=1S/C16H16Cl3N/c1-2-20-15(10-11-6-8-12(17)9-7-11)13-4-3-5-14(18)16(13)19/h3-9,15,20H,2,10H2,1H3. The van der Waals surface area contributed by atoms with Crippen molar-refractivity contribution in [1.82, 2.24) is 5.32 Å². The van der Waals surface area contributed by atoms with E-state index in [2.05, 4.69) is 12.2 Å². The van der Waals surface area contributed by atoms with Crippen molar-refractivity contribution in [2.24, 2.45) is 0 Å². The summed E-state index contributed by atoms with van der Waals surface area (Å²) < 4.78 is 0. The maximum Gasteiger partial charge on any atom is 0.0640 e. The van der Waals surface area contributed by atoms with Crippen molar-refractivity contribution in [2.45, 2.75) is 19.4 Å². The molecule has 0 heterocycles. The lowest BCUT2D eigenvalue weighted by atomic mass is 9.98. The third-order valence-electron chi connectivity index (χ3n) is 3.16.